The first kappa shape index (κ1) is 14.2. The molecule has 0 atom stereocenters. The molecule has 1 N–H and O–H groups in total. The lowest BCUT2D eigenvalue weighted by atomic mass is 10.2. The molecular weight excluding hydrogens is 288 g/mol. The molecule has 112 valence electrons. The molecule has 0 spiro atoms. The summed E-state index contributed by atoms with van der Waals surface area (Å²) in [6, 6.07) is 8.70. The van der Waals surface area contributed by atoms with Crippen LogP contribution in [0.15, 0.2) is 34.9 Å². The summed E-state index contributed by atoms with van der Waals surface area (Å²) in [6.45, 7) is 4.39. The van der Waals surface area contributed by atoms with Gasteiger partial charge in [-0.15, -0.1) is 0 Å². The van der Waals surface area contributed by atoms with Gasteiger partial charge in [-0.05, 0) is 25.2 Å². The van der Waals surface area contributed by atoms with Crippen LogP contribution >= 0.6 is 11.6 Å². The maximum atomic E-state index is 6.05. The van der Waals surface area contributed by atoms with Gasteiger partial charge < -0.3 is 19.5 Å². The van der Waals surface area contributed by atoms with Gasteiger partial charge in [0, 0.05) is 43.4 Å². The summed E-state index contributed by atoms with van der Waals surface area (Å²) in [6.07, 6.45) is 1.72. The molecule has 1 aliphatic rings. The normalized spacial score (nSPS) is 15.5. The van der Waals surface area contributed by atoms with E-state index in [0.29, 0.717) is 6.01 Å². The summed E-state index contributed by atoms with van der Waals surface area (Å²) in [5.74, 6) is 0. The first-order chi connectivity index (χ1) is 10.3. The van der Waals surface area contributed by atoms with Crippen molar-refractivity contribution in [2.24, 2.45) is 0 Å². The molecule has 2 heterocycles. The van der Waals surface area contributed by atoms with Crippen LogP contribution in [0.3, 0.4) is 0 Å². The molecule has 1 aliphatic heterocycles. The highest BCUT2D eigenvalue weighted by Crippen LogP contribution is 2.22. The van der Waals surface area contributed by atoms with Crippen molar-refractivity contribution in [1.29, 1.82) is 0 Å². The molecule has 1 saturated heterocycles. The van der Waals surface area contributed by atoms with Gasteiger partial charge in [-0.25, -0.2) is 0 Å². The lowest BCUT2D eigenvalue weighted by Crippen LogP contribution is -2.46. The molecule has 21 heavy (non-hydrogen) atoms. The Labute approximate surface area is 129 Å². The van der Waals surface area contributed by atoms with Gasteiger partial charge in [0.1, 0.15) is 6.26 Å². The monoisotopic (exact) mass is 306 g/mol. The van der Waals surface area contributed by atoms with E-state index in [0.717, 1.165) is 43.4 Å². The van der Waals surface area contributed by atoms with Crippen LogP contribution in [0.4, 0.5) is 11.7 Å². The number of aromatic nitrogens is 1. The highest BCUT2D eigenvalue weighted by atomic mass is 35.5. The number of piperazine rings is 1. The number of rotatable bonds is 4. The molecule has 1 aromatic heterocycles. The maximum absolute atomic E-state index is 6.05. The van der Waals surface area contributed by atoms with E-state index < -0.39 is 0 Å². The summed E-state index contributed by atoms with van der Waals surface area (Å²) in [5, 5.41) is 3.85. The molecule has 6 heteroatoms. The molecule has 5 nitrogen and oxygen atoms in total. The van der Waals surface area contributed by atoms with Crippen LogP contribution < -0.4 is 15.1 Å². The number of nitrogens with one attached hydrogen (secondary N) is 1. The Bertz CT molecular complexity index is 593. The molecule has 1 fully saturated rings. The van der Waals surface area contributed by atoms with Gasteiger partial charge in [-0.1, -0.05) is 17.7 Å². The van der Waals surface area contributed by atoms with Gasteiger partial charge in [0.05, 0.1) is 5.69 Å². The molecule has 1 aromatic carbocycles. The third kappa shape index (κ3) is 3.31. The van der Waals surface area contributed by atoms with Crippen LogP contribution in [0.2, 0.25) is 5.02 Å². The van der Waals surface area contributed by atoms with Gasteiger partial charge in [0.2, 0.25) is 0 Å². The molecule has 0 bridgehead atoms. The summed E-state index contributed by atoms with van der Waals surface area (Å²) < 4.78 is 5.55. The van der Waals surface area contributed by atoms with Crippen LogP contribution in [0, 0.1) is 0 Å². The maximum Gasteiger partial charge on any atom is 0.297 e. The first-order valence-electron chi connectivity index (χ1n) is 7.11. The summed E-state index contributed by atoms with van der Waals surface area (Å²) in [4.78, 5) is 9.01. The van der Waals surface area contributed by atoms with E-state index in [2.05, 4.69) is 26.2 Å². The van der Waals surface area contributed by atoms with E-state index in [-0.39, 0.29) is 0 Å². The van der Waals surface area contributed by atoms with E-state index in [9.17, 15) is 0 Å². The first-order valence-corrected chi connectivity index (χ1v) is 7.48. The largest absolute Gasteiger partial charge is 0.432 e. The number of hydrogen-bond acceptors (Lipinski definition) is 5. The predicted octanol–water partition coefficient (Wildman–Crippen LogP) is 2.37. The van der Waals surface area contributed by atoms with Crippen LogP contribution in [0.25, 0.3) is 0 Å². The average molecular weight is 307 g/mol. The highest BCUT2D eigenvalue weighted by molar-refractivity contribution is 6.30. The van der Waals surface area contributed by atoms with Crippen molar-refractivity contribution in [2.45, 2.75) is 6.54 Å². The van der Waals surface area contributed by atoms with Crippen molar-refractivity contribution in [1.82, 2.24) is 10.3 Å². The van der Waals surface area contributed by atoms with Crippen molar-refractivity contribution in [3.05, 3.63) is 41.2 Å². The van der Waals surface area contributed by atoms with Crippen molar-refractivity contribution < 1.29 is 4.42 Å². The fourth-order valence-corrected chi connectivity index (χ4v) is 2.72. The third-order valence-corrected chi connectivity index (χ3v) is 3.86. The molecule has 0 saturated carbocycles. The van der Waals surface area contributed by atoms with E-state index in [4.69, 9.17) is 16.0 Å². The van der Waals surface area contributed by atoms with Gasteiger partial charge in [-0.2, -0.15) is 4.98 Å². The van der Waals surface area contributed by atoms with Crippen LogP contribution in [-0.2, 0) is 6.54 Å². The second-order valence-corrected chi connectivity index (χ2v) is 5.54. The Morgan fingerprint density at radius 3 is 2.71 bits per heavy atom. The summed E-state index contributed by atoms with van der Waals surface area (Å²) in [7, 11) is 1.90. The van der Waals surface area contributed by atoms with Crippen LogP contribution in [0.1, 0.15) is 5.69 Å². The molecular formula is C15H19ClN4O. The van der Waals surface area contributed by atoms with E-state index in [1.165, 1.54) is 5.69 Å². The fraction of sp³-hybridized carbons (Fsp3) is 0.400. The Hall–Kier alpha value is -1.72. The molecule has 0 amide bonds. The van der Waals surface area contributed by atoms with Crippen LogP contribution in [-0.4, -0.2) is 38.2 Å². The zero-order valence-electron chi connectivity index (χ0n) is 12.1. The van der Waals surface area contributed by atoms with Crippen molar-refractivity contribution in [3.63, 3.8) is 0 Å². The topological polar surface area (TPSA) is 44.5 Å². The molecule has 3 rings (SSSR count). The van der Waals surface area contributed by atoms with Gasteiger partial charge in [0.15, 0.2) is 0 Å². The predicted molar refractivity (Wildman–Crippen MR) is 85.1 cm³/mol. The van der Waals surface area contributed by atoms with Gasteiger partial charge in [0.25, 0.3) is 6.01 Å². The number of benzene rings is 1. The number of oxazole rings is 1. The quantitative estimate of drug-likeness (QED) is 0.939. The Kier molecular flexibility index (Phi) is 4.31. The second-order valence-electron chi connectivity index (χ2n) is 5.11. The minimum atomic E-state index is 0.714. The van der Waals surface area contributed by atoms with Crippen LogP contribution in [0.5, 0.6) is 0 Å². The fourth-order valence-electron chi connectivity index (χ4n) is 2.53. The zero-order valence-corrected chi connectivity index (χ0v) is 12.8. The van der Waals surface area contributed by atoms with Crippen molar-refractivity contribution in [3.8, 4) is 0 Å². The third-order valence-electron chi connectivity index (χ3n) is 3.62. The lowest BCUT2D eigenvalue weighted by Gasteiger charge is -2.35. The van der Waals surface area contributed by atoms with Crippen molar-refractivity contribution in [2.75, 3.05) is 43.0 Å². The summed E-state index contributed by atoms with van der Waals surface area (Å²) in [5.41, 5.74) is 2.11. The minimum absolute atomic E-state index is 0.714. The van der Waals surface area contributed by atoms with Gasteiger partial charge in [-0.3, -0.25) is 0 Å². The average Bonchev–Trinajstić information content (AvgIpc) is 2.97. The van der Waals surface area contributed by atoms with Crippen molar-refractivity contribution >= 4 is 23.3 Å². The van der Waals surface area contributed by atoms with E-state index in [1.807, 2.05) is 25.2 Å². The van der Waals surface area contributed by atoms with E-state index in [1.54, 1.807) is 6.26 Å². The number of hydrogen-bond donors (Lipinski definition) is 1. The minimum Gasteiger partial charge on any atom is -0.432 e. The molecule has 0 unspecified atom stereocenters. The smallest absolute Gasteiger partial charge is 0.297 e. The molecule has 0 radical (unpaired) electrons. The Morgan fingerprint density at radius 2 is 2.00 bits per heavy atom. The SMILES string of the molecule is CNCc1coc(N2CCN(c3cccc(Cl)c3)CC2)n1. The Balaban J connectivity index is 1.61. The molecule has 2 aromatic rings. The standard InChI is InChI=1S/C15H19ClN4O/c1-17-10-13-11-21-15(18-13)20-7-5-19(6-8-20)14-4-2-3-12(16)9-14/h2-4,9,11,17H,5-8,10H2,1H3. The number of nitrogens with zero attached hydrogens (tertiary/aromatic N) is 3. The zero-order chi connectivity index (χ0) is 14.7. The van der Waals surface area contributed by atoms with Gasteiger partial charge >= 0.3 is 0 Å². The second kappa shape index (κ2) is 6.37. The van der Waals surface area contributed by atoms with E-state index >= 15 is 0 Å². The molecule has 0 aliphatic carbocycles. The number of anilines is 2. The highest BCUT2D eigenvalue weighted by Gasteiger charge is 2.20. The summed E-state index contributed by atoms with van der Waals surface area (Å²) >= 11 is 6.05. The Morgan fingerprint density at radius 1 is 1.24 bits per heavy atom. The number of halogens is 1. The lowest BCUT2D eigenvalue weighted by molar-refractivity contribution is 0.515.